The third-order valence-electron chi connectivity index (χ3n) is 3.37. The lowest BCUT2D eigenvalue weighted by Gasteiger charge is -2.14. The van der Waals surface area contributed by atoms with Crippen LogP contribution >= 0.6 is 11.6 Å². The molecule has 0 bridgehead atoms. The molecule has 0 atom stereocenters. The Morgan fingerprint density at radius 3 is 2.67 bits per heavy atom. The number of ether oxygens (including phenoxy) is 1. The molecule has 0 aliphatic heterocycles. The first-order valence-corrected chi connectivity index (χ1v) is 7.31. The normalized spacial score (nSPS) is 10.5. The van der Waals surface area contributed by atoms with Crippen molar-refractivity contribution in [3.8, 4) is 11.8 Å². The molecule has 108 valence electrons. The van der Waals surface area contributed by atoms with Gasteiger partial charge in [0.1, 0.15) is 12.4 Å². The average molecular weight is 300 g/mol. The van der Waals surface area contributed by atoms with E-state index in [0.29, 0.717) is 18.1 Å². The summed E-state index contributed by atoms with van der Waals surface area (Å²) in [7, 11) is 0. The fraction of sp³-hybridized carbons (Fsp3) is 0.278. The van der Waals surface area contributed by atoms with Gasteiger partial charge in [0.05, 0.1) is 11.6 Å². The Morgan fingerprint density at radius 1 is 1.24 bits per heavy atom. The van der Waals surface area contributed by atoms with E-state index in [1.165, 1.54) is 0 Å². The van der Waals surface area contributed by atoms with Gasteiger partial charge in [-0.1, -0.05) is 37.6 Å². The van der Waals surface area contributed by atoms with E-state index in [1.54, 1.807) is 6.07 Å². The van der Waals surface area contributed by atoms with Crippen molar-refractivity contribution in [2.24, 2.45) is 0 Å². The van der Waals surface area contributed by atoms with Crippen LogP contribution in [0, 0.1) is 18.3 Å². The first-order valence-electron chi connectivity index (χ1n) is 6.93. The van der Waals surface area contributed by atoms with Gasteiger partial charge in [-0.2, -0.15) is 5.26 Å². The Morgan fingerprint density at radius 2 is 2.00 bits per heavy atom. The minimum absolute atomic E-state index is 0.349. The van der Waals surface area contributed by atoms with Gasteiger partial charge in [-0.25, -0.2) is 0 Å². The molecular weight excluding hydrogens is 282 g/mol. The van der Waals surface area contributed by atoms with Crippen molar-refractivity contribution in [2.45, 2.75) is 33.3 Å². The number of hydrogen-bond donors (Lipinski definition) is 0. The van der Waals surface area contributed by atoms with E-state index in [1.807, 2.05) is 37.3 Å². The summed E-state index contributed by atoms with van der Waals surface area (Å²) in [5.41, 5.74) is 3.73. The van der Waals surface area contributed by atoms with E-state index in [9.17, 15) is 0 Å². The number of halogens is 1. The fourth-order valence-corrected chi connectivity index (χ4v) is 2.59. The molecule has 0 heterocycles. The molecule has 2 nitrogen and oxygen atoms in total. The minimum Gasteiger partial charge on any atom is -0.489 e. The predicted molar refractivity (Wildman–Crippen MR) is 85.8 cm³/mol. The molecule has 0 N–H and O–H groups in total. The smallest absolute Gasteiger partial charge is 0.123 e. The topological polar surface area (TPSA) is 33.0 Å². The second kappa shape index (κ2) is 6.65. The molecule has 3 heteroatoms. The molecule has 2 aromatic carbocycles. The Balaban J connectivity index is 2.20. The molecule has 0 saturated heterocycles. The van der Waals surface area contributed by atoms with Crippen LogP contribution in [0.25, 0.3) is 0 Å². The quantitative estimate of drug-likeness (QED) is 0.775. The highest BCUT2D eigenvalue weighted by Crippen LogP contribution is 2.31. The van der Waals surface area contributed by atoms with Crippen LogP contribution in [-0.2, 0) is 6.61 Å². The van der Waals surface area contributed by atoms with E-state index in [0.717, 1.165) is 27.5 Å². The lowest BCUT2D eigenvalue weighted by Crippen LogP contribution is -1.99. The van der Waals surface area contributed by atoms with Crippen LogP contribution in [-0.4, -0.2) is 0 Å². The van der Waals surface area contributed by atoms with Gasteiger partial charge in [-0.15, -0.1) is 0 Å². The summed E-state index contributed by atoms with van der Waals surface area (Å²) in [6.45, 7) is 6.64. The Labute approximate surface area is 130 Å². The van der Waals surface area contributed by atoms with E-state index in [2.05, 4.69) is 19.9 Å². The number of benzene rings is 2. The maximum atomic E-state index is 8.91. The molecular formula is C18H18ClNO. The van der Waals surface area contributed by atoms with Crippen LogP contribution in [0.3, 0.4) is 0 Å². The zero-order valence-electron chi connectivity index (χ0n) is 12.5. The van der Waals surface area contributed by atoms with Crippen molar-refractivity contribution in [2.75, 3.05) is 0 Å². The van der Waals surface area contributed by atoms with Crippen LogP contribution in [0.2, 0.25) is 5.02 Å². The molecule has 0 radical (unpaired) electrons. The minimum atomic E-state index is 0.349. The second-order valence-corrected chi connectivity index (χ2v) is 5.80. The molecule has 21 heavy (non-hydrogen) atoms. The van der Waals surface area contributed by atoms with Crippen molar-refractivity contribution in [3.63, 3.8) is 0 Å². The highest BCUT2D eigenvalue weighted by atomic mass is 35.5. The third kappa shape index (κ3) is 3.77. The molecule has 2 aromatic rings. The monoisotopic (exact) mass is 299 g/mol. The van der Waals surface area contributed by atoms with Crippen LogP contribution in [0.4, 0.5) is 0 Å². The molecule has 2 rings (SSSR count). The van der Waals surface area contributed by atoms with Crippen molar-refractivity contribution >= 4 is 11.6 Å². The fourth-order valence-electron chi connectivity index (χ4n) is 2.16. The Kier molecular flexibility index (Phi) is 4.88. The Hall–Kier alpha value is -1.98. The molecule has 0 fully saturated rings. The maximum Gasteiger partial charge on any atom is 0.123 e. The van der Waals surface area contributed by atoms with Crippen molar-refractivity contribution in [1.29, 1.82) is 5.26 Å². The number of nitriles is 1. The number of rotatable bonds is 4. The summed E-state index contributed by atoms with van der Waals surface area (Å²) >= 11 is 6.26. The summed E-state index contributed by atoms with van der Waals surface area (Å²) in [6, 6.07) is 13.5. The molecule has 0 aliphatic carbocycles. The van der Waals surface area contributed by atoms with Gasteiger partial charge in [0, 0.05) is 5.02 Å². The van der Waals surface area contributed by atoms with Gasteiger partial charge in [0.25, 0.3) is 0 Å². The van der Waals surface area contributed by atoms with Gasteiger partial charge >= 0.3 is 0 Å². The Bertz CT molecular complexity index is 686. The molecule has 0 unspecified atom stereocenters. The molecule has 0 aliphatic rings. The highest BCUT2D eigenvalue weighted by Gasteiger charge is 2.10. The zero-order chi connectivity index (χ0) is 15.4. The summed E-state index contributed by atoms with van der Waals surface area (Å²) in [5, 5.41) is 9.69. The molecule has 0 saturated carbocycles. The maximum absolute atomic E-state index is 8.91. The van der Waals surface area contributed by atoms with Gasteiger partial charge in [-0.05, 0) is 53.8 Å². The summed E-state index contributed by atoms with van der Waals surface area (Å²) in [4.78, 5) is 0. The van der Waals surface area contributed by atoms with Gasteiger partial charge in [0.15, 0.2) is 0 Å². The molecule has 0 aromatic heterocycles. The van der Waals surface area contributed by atoms with Crippen LogP contribution < -0.4 is 4.74 Å². The van der Waals surface area contributed by atoms with Crippen LogP contribution in [0.15, 0.2) is 36.4 Å². The van der Waals surface area contributed by atoms with Crippen LogP contribution in [0.5, 0.6) is 5.75 Å². The summed E-state index contributed by atoms with van der Waals surface area (Å²) in [5.74, 6) is 1.19. The zero-order valence-corrected chi connectivity index (χ0v) is 13.2. The third-order valence-corrected chi connectivity index (χ3v) is 3.69. The summed E-state index contributed by atoms with van der Waals surface area (Å²) in [6.07, 6.45) is 0. The van der Waals surface area contributed by atoms with Gasteiger partial charge in [-0.3, -0.25) is 0 Å². The summed E-state index contributed by atoms with van der Waals surface area (Å²) < 4.78 is 5.90. The van der Waals surface area contributed by atoms with E-state index < -0.39 is 0 Å². The predicted octanol–water partition coefficient (Wildman–Crippen LogP) is 5.22. The van der Waals surface area contributed by atoms with Gasteiger partial charge < -0.3 is 4.74 Å². The van der Waals surface area contributed by atoms with Crippen molar-refractivity contribution in [3.05, 3.63) is 63.7 Å². The lowest BCUT2D eigenvalue weighted by atomic mass is 10.0. The average Bonchev–Trinajstić information content (AvgIpc) is 2.46. The van der Waals surface area contributed by atoms with E-state index in [-0.39, 0.29) is 0 Å². The van der Waals surface area contributed by atoms with E-state index in [4.69, 9.17) is 21.6 Å². The first kappa shape index (κ1) is 15.4. The molecule has 0 amide bonds. The first-order chi connectivity index (χ1) is 10.0. The largest absolute Gasteiger partial charge is 0.489 e. The second-order valence-electron chi connectivity index (χ2n) is 5.39. The SMILES string of the molecule is Cc1cc(Cl)c(C(C)C)cc1OCc1cccc(C#N)c1. The lowest BCUT2D eigenvalue weighted by molar-refractivity contribution is 0.303. The molecule has 0 spiro atoms. The number of nitrogens with zero attached hydrogens (tertiary/aromatic N) is 1. The highest BCUT2D eigenvalue weighted by molar-refractivity contribution is 6.31. The van der Waals surface area contributed by atoms with Crippen molar-refractivity contribution < 1.29 is 4.74 Å². The van der Waals surface area contributed by atoms with Gasteiger partial charge in [0.2, 0.25) is 0 Å². The van der Waals surface area contributed by atoms with Crippen molar-refractivity contribution in [1.82, 2.24) is 0 Å². The number of hydrogen-bond acceptors (Lipinski definition) is 2. The standard InChI is InChI=1S/C18H18ClNO/c1-12(2)16-9-18(13(3)7-17(16)19)21-11-15-6-4-5-14(8-15)10-20/h4-9,12H,11H2,1-3H3. The van der Waals surface area contributed by atoms with E-state index >= 15 is 0 Å². The van der Waals surface area contributed by atoms with Crippen LogP contribution in [0.1, 0.15) is 42.0 Å². The number of aryl methyl sites for hydroxylation is 1.